The summed E-state index contributed by atoms with van der Waals surface area (Å²) in [5.41, 5.74) is 0.442. The normalized spacial score (nSPS) is 38.3. The van der Waals surface area contributed by atoms with Gasteiger partial charge in [0.25, 0.3) is 0 Å². The van der Waals surface area contributed by atoms with Crippen molar-refractivity contribution in [3.05, 3.63) is 12.7 Å². The van der Waals surface area contributed by atoms with E-state index in [0.29, 0.717) is 17.4 Å². The van der Waals surface area contributed by atoms with Crippen LogP contribution in [-0.2, 0) is 4.79 Å². The third-order valence-corrected chi connectivity index (χ3v) is 4.37. The first-order valence-corrected chi connectivity index (χ1v) is 5.48. The molecule has 0 heterocycles. The van der Waals surface area contributed by atoms with E-state index in [1.54, 1.807) is 0 Å². The van der Waals surface area contributed by atoms with Crippen molar-refractivity contribution in [3.8, 4) is 0 Å². The Bertz CT molecular complexity index is 267. The lowest BCUT2D eigenvalue weighted by molar-refractivity contribution is -0.124. The van der Waals surface area contributed by atoms with Crippen LogP contribution in [0.2, 0.25) is 0 Å². The molecular weight excluding hydrogens is 174 g/mol. The van der Waals surface area contributed by atoms with Gasteiger partial charge in [-0.2, -0.15) is 0 Å². The van der Waals surface area contributed by atoms with E-state index in [-0.39, 0.29) is 5.91 Å². The first-order valence-electron chi connectivity index (χ1n) is 5.48. The Hall–Kier alpha value is -0.790. The van der Waals surface area contributed by atoms with Crippen molar-refractivity contribution >= 4 is 5.91 Å². The van der Waals surface area contributed by atoms with Gasteiger partial charge in [-0.25, -0.2) is 0 Å². The number of hydrogen-bond donors (Lipinski definition) is 1. The molecule has 0 radical (unpaired) electrons. The van der Waals surface area contributed by atoms with Gasteiger partial charge in [0, 0.05) is 6.04 Å². The molecule has 2 nitrogen and oxygen atoms in total. The molecule has 0 spiro atoms. The van der Waals surface area contributed by atoms with Gasteiger partial charge >= 0.3 is 0 Å². The van der Waals surface area contributed by atoms with Crippen LogP contribution in [0.3, 0.4) is 0 Å². The number of rotatable bonds is 2. The summed E-state index contributed by atoms with van der Waals surface area (Å²) in [6, 6.07) is 0.389. The molecule has 1 N–H and O–H groups in total. The minimum atomic E-state index is -0.0175. The van der Waals surface area contributed by atoms with Crippen LogP contribution in [0.15, 0.2) is 12.7 Å². The molecule has 1 amide bonds. The molecule has 3 fully saturated rings. The van der Waals surface area contributed by atoms with E-state index in [2.05, 4.69) is 25.7 Å². The fraction of sp³-hybridized carbons (Fsp3) is 0.750. The minimum absolute atomic E-state index is 0.0175. The Labute approximate surface area is 85.8 Å². The van der Waals surface area contributed by atoms with Crippen molar-refractivity contribution in [3.63, 3.8) is 0 Å². The Balaban J connectivity index is 2.01. The van der Waals surface area contributed by atoms with Crippen molar-refractivity contribution < 1.29 is 4.79 Å². The van der Waals surface area contributed by atoms with E-state index in [9.17, 15) is 4.79 Å². The molecule has 2 bridgehead atoms. The highest BCUT2D eigenvalue weighted by Crippen LogP contribution is 2.58. The molecule has 3 rings (SSSR count). The zero-order valence-electron chi connectivity index (χ0n) is 9.05. The van der Waals surface area contributed by atoms with Crippen molar-refractivity contribution in [1.29, 1.82) is 0 Å². The third kappa shape index (κ3) is 1.28. The number of carbonyl (C=O) groups is 1. The lowest BCUT2D eigenvalue weighted by atomic mass is 9.47. The van der Waals surface area contributed by atoms with E-state index >= 15 is 0 Å². The average Bonchev–Trinajstić information content (AvgIpc) is 2.17. The van der Waals surface area contributed by atoms with Gasteiger partial charge in [-0.1, -0.05) is 20.4 Å². The fourth-order valence-electron chi connectivity index (χ4n) is 3.23. The molecule has 0 aromatic rings. The largest absolute Gasteiger partial charge is 0.350 e. The second kappa shape index (κ2) is 3.11. The zero-order valence-corrected chi connectivity index (χ0v) is 9.05. The molecule has 3 atom stereocenters. The van der Waals surface area contributed by atoms with Gasteiger partial charge in [0.15, 0.2) is 0 Å². The van der Waals surface area contributed by atoms with E-state index < -0.39 is 0 Å². The molecular formula is C12H19NO. The van der Waals surface area contributed by atoms with E-state index in [1.807, 2.05) is 0 Å². The van der Waals surface area contributed by atoms with Gasteiger partial charge < -0.3 is 5.32 Å². The van der Waals surface area contributed by atoms with E-state index in [0.717, 1.165) is 12.3 Å². The Morgan fingerprint density at radius 1 is 1.50 bits per heavy atom. The molecule has 0 aromatic carbocycles. The zero-order chi connectivity index (χ0) is 10.3. The molecule has 0 aromatic heterocycles. The second-order valence-electron chi connectivity index (χ2n) is 5.26. The maximum atomic E-state index is 11.2. The van der Waals surface area contributed by atoms with Gasteiger partial charge in [-0.3, -0.25) is 4.79 Å². The summed E-state index contributed by atoms with van der Waals surface area (Å²) in [6.07, 6.45) is 5.09. The molecule has 3 aliphatic carbocycles. The Morgan fingerprint density at radius 3 is 2.71 bits per heavy atom. The molecule has 3 unspecified atom stereocenters. The first-order chi connectivity index (χ1) is 6.55. The van der Waals surface area contributed by atoms with Crippen molar-refractivity contribution in [2.24, 2.45) is 17.3 Å². The Morgan fingerprint density at radius 2 is 2.21 bits per heavy atom. The molecule has 3 aliphatic rings. The number of carbonyl (C=O) groups excluding carboxylic acids is 1. The van der Waals surface area contributed by atoms with Gasteiger partial charge in [0.1, 0.15) is 0 Å². The van der Waals surface area contributed by atoms with Gasteiger partial charge in [0.2, 0.25) is 5.91 Å². The summed E-state index contributed by atoms with van der Waals surface area (Å²) < 4.78 is 0. The van der Waals surface area contributed by atoms with Gasteiger partial charge in [0.05, 0.1) is 0 Å². The molecule has 14 heavy (non-hydrogen) atoms. The standard InChI is InChI=1S/C12H19NO/c1-4-11(14)13-10-6-5-8-7-9(10)12(8,2)3/h4,8-10H,1,5-7H2,2-3H3,(H,13,14). The summed E-state index contributed by atoms with van der Waals surface area (Å²) in [5, 5.41) is 3.05. The Kier molecular flexibility index (Phi) is 2.17. The monoisotopic (exact) mass is 193 g/mol. The van der Waals surface area contributed by atoms with Gasteiger partial charge in [-0.05, 0) is 42.6 Å². The number of fused-ring (bicyclic) bond motifs is 2. The van der Waals surface area contributed by atoms with Crippen LogP contribution in [0.25, 0.3) is 0 Å². The molecule has 2 heteroatoms. The SMILES string of the molecule is C=CC(=O)NC1CCC2CC1C2(C)C. The molecule has 0 aliphatic heterocycles. The third-order valence-electron chi connectivity index (χ3n) is 4.37. The van der Waals surface area contributed by atoms with Crippen LogP contribution < -0.4 is 5.32 Å². The summed E-state index contributed by atoms with van der Waals surface area (Å²) in [6.45, 7) is 8.15. The minimum Gasteiger partial charge on any atom is -0.350 e. The van der Waals surface area contributed by atoms with Crippen molar-refractivity contribution in [2.75, 3.05) is 0 Å². The first kappa shape index (κ1) is 9.75. The lowest BCUT2D eigenvalue weighted by Crippen LogP contribution is -2.59. The lowest BCUT2D eigenvalue weighted by Gasteiger charge is -2.60. The van der Waals surface area contributed by atoms with Crippen LogP contribution in [-0.4, -0.2) is 11.9 Å². The van der Waals surface area contributed by atoms with E-state index in [1.165, 1.54) is 18.9 Å². The summed E-state index contributed by atoms with van der Waals surface area (Å²) in [7, 11) is 0. The van der Waals surface area contributed by atoms with Gasteiger partial charge in [-0.15, -0.1) is 0 Å². The maximum Gasteiger partial charge on any atom is 0.243 e. The molecule has 78 valence electrons. The highest BCUT2D eigenvalue weighted by molar-refractivity contribution is 5.87. The predicted molar refractivity (Wildman–Crippen MR) is 56.7 cm³/mol. The van der Waals surface area contributed by atoms with Crippen LogP contribution in [0.4, 0.5) is 0 Å². The second-order valence-corrected chi connectivity index (χ2v) is 5.26. The topological polar surface area (TPSA) is 29.1 Å². The molecule has 0 saturated heterocycles. The molecule has 3 saturated carbocycles. The fourth-order valence-corrected chi connectivity index (χ4v) is 3.23. The van der Waals surface area contributed by atoms with Crippen molar-refractivity contribution in [1.82, 2.24) is 5.32 Å². The summed E-state index contributed by atoms with van der Waals surface area (Å²) in [4.78, 5) is 11.2. The number of amides is 1. The maximum absolute atomic E-state index is 11.2. The van der Waals surface area contributed by atoms with Crippen LogP contribution in [0.5, 0.6) is 0 Å². The quantitative estimate of drug-likeness (QED) is 0.669. The van der Waals surface area contributed by atoms with E-state index in [4.69, 9.17) is 0 Å². The van der Waals surface area contributed by atoms with Crippen molar-refractivity contribution in [2.45, 2.75) is 39.2 Å². The van der Waals surface area contributed by atoms with Crippen LogP contribution in [0.1, 0.15) is 33.1 Å². The van der Waals surface area contributed by atoms with Crippen LogP contribution >= 0.6 is 0 Å². The smallest absolute Gasteiger partial charge is 0.243 e. The highest BCUT2D eigenvalue weighted by Gasteiger charge is 2.54. The number of hydrogen-bond acceptors (Lipinski definition) is 1. The predicted octanol–water partition coefficient (Wildman–Crippen LogP) is 2.11. The summed E-state index contributed by atoms with van der Waals surface area (Å²) >= 11 is 0. The highest BCUT2D eigenvalue weighted by atomic mass is 16.1. The average molecular weight is 193 g/mol. The summed E-state index contributed by atoms with van der Waals surface area (Å²) in [5.74, 6) is 1.56. The van der Waals surface area contributed by atoms with Crippen LogP contribution in [0, 0.1) is 17.3 Å². The number of nitrogens with one attached hydrogen (secondary N) is 1.